The smallest absolute Gasteiger partial charge is 0.229 e. The molecule has 1 fully saturated rings. The normalized spacial score (nSPS) is 24.4. The highest BCUT2D eigenvalue weighted by molar-refractivity contribution is 9.10. The first kappa shape index (κ1) is 11.5. The second-order valence-electron chi connectivity index (χ2n) is 4.10. The van der Waals surface area contributed by atoms with Gasteiger partial charge in [0.2, 0.25) is 5.91 Å². The SMILES string of the molecule is CC1CNCC1C(=O)Nc1ccc(Br)nc1. The maximum Gasteiger partial charge on any atom is 0.229 e. The van der Waals surface area contributed by atoms with Crippen LogP contribution < -0.4 is 10.6 Å². The molecule has 2 heterocycles. The molecular formula is C11H14BrN3O. The Morgan fingerprint density at radius 1 is 1.56 bits per heavy atom. The molecule has 2 unspecified atom stereocenters. The predicted octanol–water partition coefficient (Wildman–Crippen LogP) is 1.64. The van der Waals surface area contributed by atoms with Crippen LogP contribution in [0, 0.1) is 11.8 Å². The zero-order chi connectivity index (χ0) is 11.5. The number of pyridine rings is 1. The van der Waals surface area contributed by atoms with E-state index in [1.54, 1.807) is 6.20 Å². The molecule has 1 saturated heterocycles. The minimum Gasteiger partial charge on any atom is -0.324 e. The van der Waals surface area contributed by atoms with Crippen LogP contribution in [0.3, 0.4) is 0 Å². The van der Waals surface area contributed by atoms with Gasteiger partial charge in [-0.15, -0.1) is 0 Å². The van der Waals surface area contributed by atoms with E-state index >= 15 is 0 Å². The Balaban J connectivity index is 1.99. The maximum absolute atomic E-state index is 11.9. The van der Waals surface area contributed by atoms with Gasteiger partial charge in [-0.25, -0.2) is 4.98 Å². The summed E-state index contributed by atoms with van der Waals surface area (Å²) in [5.74, 6) is 0.522. The van der Waals surface area contributed by atoms with Crippen molar-refractivity contribution in [3.63, 3.8) is 0 Å². The van der Waals surface area contributed by atoms with Gasteiger partial charge in [0.1, 0.15) is 4.60 Å². The second-order valence-corrected chi connectivity index (χ2v) is 4.91. The standard InChI is InChI=1S/C11H14BrN3O/c1-7-4-13-6-9(7)11(16)15-8-2-3-10(12)14-5-8/h2-3,5,7,9,13H,4,6H2,1H3,(H,15,16). The van der Waals surface area contributed by atoms with Gasteiger partial charge in [0, 0.05) is 6.54 Å². The Morgan fingerprint density at radius 3 is 2.94 bits per heavy atom. The Morgan fingerprint density at radius 2 is 2.38 bits per heavy atom. The number of carbonyl (C=O) groups excluding carboxylic acids is 1. The summed E-state index contributed by atoms with van der Waals surface area (Å²) in [4.78, 5) is 16.0. The van der Waals surface area contributed by atoms with E-state index in [9.17, 15) is 4.79 Å². The van der Waals surface area contributed by atoms with Crippen molar-refractivity contribution in [2.75, 3.05) is 18.4 Å². The Hall–Kier alpha value is -0.940. The number of hydrogen-bond acceptors (Lipinski definition) is 3. The molecule has 5 heteroatoms. The van der Waals surface area contributed by atoms with Gasteiger partial charge in [-0.2, -0.15) is 0 Å². The van der Waals surface area contributed by atoms with E-state index in [-0.39, 0.29) is 11.8 Å². The molecular weight excluding hydrogens is 270 g/mol. The molecule has 2 N–H and O–H groups in total. The van der Waals surface area contributed by atoms with Gasteiger partial charge < -0.3 is 10.6 Å². The zero-order valence-corrected chi connectivity index (χ0v) is 10.6. The Labute approximate surface area is 103 Å². The van der Waals surface area contributed by atoms with E-state index < -0.39 is 0 Å². The average Bonchev–Trinajstić information content (AvgIpc) is 2.68. The largest absolute Gasteiger partial charge is 0.324 e. The van der Waals surface area contributed by atoms with Gasteiger partial charge in [-0.3, -0.25) is 4.79 Å². The monoisotopic (exact) mass is 283 g/mol. The summed E-state index contributed by atoms with van der Waals surface area (Å²) in [5, 5.41) is 6.09. The van der Waals surface area contributed by atoms with E-state index in [1.165, 1.54) is 0 Å². The maximum atomic E-state index is 11.9. The van der Waals surface area contributed by atoms with Crippen molar-refractivity contribution in [1.82, 2.24) is 10.3 Å². The van der Waals surface area contributed by atoms with Gasteiger partial charge in [0.25, 0.3) is 0 Å². The fraction of sp³-hybridized carbons (Fsp3) is 0.455. The number of halogens is 1. The highest BCUT2D eigenvalue weighted by atomic mass is 79.9. The molecule has 0 aromatic carbocycles. The lowest BCUT2D eigenvalue weighted by Gasteiger charge is -2.13. The number of hydrogen-bond donors (Lipinski definition) is 2. The third-order valence-electron chi connectivity index (χ3n) is 2.85. The number of nitrogens with zero attached hydrogens (tertiary/aromatic N) is 1. The fourth-order valence-corrected chi connectivity index (χ4v) is 2.08. The van der Waals surface area contributed by atoms with E-state index in [0.717, 1.165) is 23.4 Å². The van der Waals surface area contributed by atoms with Crippen LogP contribution in [0.25, 0.3) is 0 Å². The first-order valence-corrected chi connectivity index (χ1v) is 6.09. The molecule has 1 aliphatic rings. The predicted molar refractivity (Wildman–Crippen MR) is 66.1 cm³/mol. The van der Waals surface area contributed by atoms with Crippen LogP contribution in [-0.2, 0) is 4.79 Å². The lowest BCUT2D eigenvalue weighted by Crippen LogP contribution is -2.27. The zero-order valence-electron chi connectivity index (χ0n) is 9.03. The van der Waals surface area contributed by atoms with Crippen molar-refractivity contribution in [1.29, 1.82) is 0 Å². The molecule has 2 rings (SSSR count). The van der Waals surface area contributed by atoms with Gasteiger partial charge in [0.05, 0.1) is 17.8 Å². The Kier molecular flexibility index (Phi) is 3.56. The topological polar surface area (TPSA) is 54.0 Å². The van der Waals surface area contributed by atoms with Crippen molar-refractivity contribution >= 4 is 27.5 Å². The van der Waals surface area contributed by atoms with Gasteiger partial charge in [0.15, 0.2) is 0 Å². The summed E-state index contributed by atoms with van der Waals surface area (Å²) in [5.41, 5.74) is 0.743. The third kappa shape index (κ3) is 2.59. The number of carbonyl (C=O) groups is 1. The summed E-state index contributed by atoms with van der Waals surface area (Å²) < 4.78 is 0.765. The highest BCUT2D eigenvalue weighted by Gasteiger charge is 2.29. The van der Waals surface area contributed by atoms with Gasteiger partial charge >= 0.3 is 0 Å². The summed E-state index contributed by atoms with van der Waals surface area (Å²) in [6.07, 6.45) is 1.65. The number of amides is 1. The van der Waals surface area contributed by atoms with Crippen LogP contribution in [0.2, 0.25) is 0 Å². The minimum absolute atomic E-state index is 0.0589. The van der Waals surface area contributed by atoms with E-state index in [1.807, 2.05) is 12.1 Å². The molecule has 0 aliphatic carbocycles. The van der Waals surface area contributed by atoms with Crippen molar-refractivity contribution in [2.45, 2.75) is 6.92 Å². The lowest BCUT2D eigenvalue weighted by molar-refractivity contribution is -0.120. The van der Waals surface area contributed by atoms with Crippen LogP contribution in [0.1, 0.15) is 6.92 Å². The van der Waals surface area contributed by atoms with Crippen LogP contribution in [0.5, 0.6) is 0 Å². The minimum atomic E-state index is 0.0589. The van der Waals surface area contributed by atoms with Crippen LogP contribution in [0.15, 0.2) is 22.9 Å². The van der Waals surface area contributed by atoms with Gasteiger partial charge in [-0.1, -0.05) is 6.92 Å². The van der Waals surface area contributed by atoms with E-state index in [4.69, 9.17) is 0 Å². The fourth-order valence-electron chi connectivity index (χ4n) is 1.85. The Bertz CT molecular complexity index is 379. The average molecular weight is 284 g/mol. The number of rotatable bonds is 2. The number of nitrogens with one attached hydrogen (secondary N) is 2. The molecule has 1 aromatic rings. The molecule has 4 nitrogen and oxygen atoms in total. The summed E-state index contributed by atoms with van der Waals surface area (Å²) >= 11 is 3.25. The first-order valence-electron chi connectivity index (χ1n) is 5.30. The molecule has 16 heavy (non-hydrogen) atoms. The molecule has 1 aliphatic heterocycles. The molecule has 0 bridgehead atoms. The van der Waals surface area contributed by atoms with E-state index in [2.05, 4.69) is 38.5 Å². The van der Waals surface area contributed by atoms with Crippen LogP contribution in [-0.4, -0.2) is 24.0 Å². The summed E-state index contributed by atoms with van der Waals surface area (Å²) in [6, 6.07) is 3.65. The van der Waals surface area contributed by atoms with Crippen LogP contribution >= 0.6 is 15.9 Å². The molecule has 0 spiro atoms. The second kappa shape index (κ2) is 4.93. The molecule has 1 amide bonds. The first-order chi connectivity index (χ1) is 7.66. The number of anilines is 1. The molecule has 2 atom stereocenters. The quantitative estimate of drug-likeness (QED) is 0.812. The third-order valence-corrected chi connectivity index (χ3v) is 3.32. The number of aromatic nitrogens is 1. The lowest BCUT2D eigenvalue weighted by atomic mass is 9.97. The van der Waals surface area contributed by atoms with Crippen molar-refractivity contribution in [3.8, 4) is 0 Å². The van der Waals surface area contributed by atoms with Crippen molar-refractivity contribution in [3.05, 3.63) is 22.9 Å². The summed E-state index contributed by atoms with van der Waals surface area (Å²) in [7, 11) is 0. The molecule has 0 saturated carbocycles. The van der Waals surface area contributed by atoms with E-state index in [0.29, 0.717) is 5.92 Å². The van der Waals surface area contributed by atoms with Gasteiger partial charge in [-0.05, 0) is 40.5 Å². The van der Waals surface area contributed by atoms with Crippen LogP contribution in [0.4, 0.5) is 5.69 Å². The molecule has 86 valence electrons. The summed E-state index contributed by atoms with van der Waals surface area (Å²) in [6.45, 7) is 3.76. The molecule has 0 radical (unpaired) electrons. The molecule has 1 aromatic heterocycles. The van der Waals surface area contributed by atoms with Crippen molar-refractivity contribution < 1.29 is 4.79 Å². The highest BCUT2D eigenvalue weighted by Crippen LogP contribution is 2.18. The van der Waals surface area contributed by atoms with Crippen molar-refractivity contribution in [2.24, 2.45) is 11.8 Å².